The van der Waals surface area contributed by atoms with E-state index in [1.54, 1.807) is 84.5 Å². The summed E-state index contributed by atoms with van der Waals surface area (Å²) in [6.45, 7) is -0.349. The van der Waals surface area contributed by atoms with Crippen LogP contribution in [0, 0.1) is 0 Å². The molecule has 0 saturated carbocycles. The van der Waals surface area contributed by atoms with E-state index in [2.05, 4.69) is 29.9 Å². The number of ether oxygens (including phenoxy) is 3. The number of hydrogen-bond donors (Lipinski definition) is 5. The summed E-state index contributed by atoms with van der Waals surface area (Å²) in [6, 6.07) is 49.4. The van der Waals surface area contributed by atoms with E-state index < -0.39 is 35.2 Å². The molecule has 518 valence electrons. The third kappa shape index (κ3) is 15.3. The van der Waals surface area contributed by atoms with Crippen LogP contribution in [0.4, 0.5) is 39.5 Å². The van der Waals surface area contributed by atoms with Crippen molar-refractivity contribution >= 4 is 43.9 Å². The summed E-state index contributed by atoms with van der Waals surface area (Å²) < 4.78 is 139. The van der Waals surface area contributed by atoms with Crippen molar-refractivity contribution in [2.75, 3.05) is 21.3 Å². The Morgan fingerprint density at radius 3 is 1.36 bits per heavy atom. The first kappa shape index (κ1) is 70.9. The lowest BCUT2D eigenvalue weighted by Crippen LogP contribution is -2.09. The average Bonchev–Trinajstić information content (AvgIpc) is 1.62. The minimum atomic E-state index is -4.43. The summed E-state index contributed by atoms with van der Waals surface area (Å²) in [5.41, 5.74) is 10.3. The highest BCUT2D eigenvalue weighted by atomic mass is 19.4. The second-order valence-corrected chi connectivity index (χ2v) is 22.9. The van der Waals surface area contributed by atoms with E-state index >= 15 is 0 Å². The van der Waals surface area contributed by atoms with Gasteiger partial charge in [0, 0.05) is 141 Å². The van der Waals surface area contributed by atoms with Crippen LogP contribution in [0.5, 0.6) is 17.6 Å². The van der Waals surface area contributed by atoms with Crippen molar-refractivity contribution in [2.24, 2.45) is 7.05 Å². The van der Waals surface area contributed by atoms with Crippen molar-refractivity contribution < 1.29 is 74.2 Å². The molecule has 9 aromatic heterocycles. The zero-order valence-electron chi connectivity index (χ0n) is 54.4. The molecule has 101 heavy (non-hydrogen) atoms. The van der Waals surface area contributed by atoms with Crippen LogP contribution in [0.2, 0.25) is 0 Å². The average molecular weight is 1390 g/mol. The Hall–Kier alpha value is -11.4. The van der Waals surface area contributed by atoms with E-state index in [-0.39, 0.29) is 33.0 Å². The zero-order chi connectivity index (χ0) is 71.8. The van der Waals surface area contributed by atoms with Gasteiger partial charge < -0.3 is 53.3 Å². The molecule has 5 aromatic carbocycles. The van der Waals surface area contributed by atoms with Crippen molar-refractivity contribution in [1.82, 2.24) is 43.6 Å². The number of H-pyrrole nitrogens is 1. The second-order valence-electron chi connectivity index (χ2n) is 22.9. The molecule has 0 bridgehead atoms. The molecule has 0 unspecified atom stereocenters. The summed E-state index contributed by atoms with van der Waals surface area (Å²) >= 11 is 0. The number of aliphatic hydroxyl groups excluding tert-OH is 4. The Bertz CT molecular complexity index is 5160. The molecule has 16 nitrogen and oxygen atoms in total. The number of aliphatic hydroxyl groups is 4. The van der Waals surface area contributed by atoms with E-state index in [0.717, 1.165) is 85.8 Å². The topological polar surface area (TPSA) is 204 Å². The predicted molar refractivity (Wildman–Crippen MR) is 365 cm³/mol. The highest BCUT2D eigenvalue weighted by Gasteiger charge is 2.34. The molecule has 0 saturated heterocycles. The number of aromatic nitrogens is 9. The fourth-order valence-electron chi connectivity index (χ4n) is 12.2. The van der Waals surface area contributed by atoms with Gasteiger partial charge in [-0.2, -0.15) is 39.5 Å². The number of alkyl halides is 9. The van der Waals surface area contributed by atoms with Crippen LogP contribution in [0.1, 0.15) is 50.6 Å². The maximum Gasteiger partial charge on any atom is 0.416 e. The summed E-state index contributed by atoms with van der Waals surface area (Å²) in [5.74, 6) is 1.42. The standard InChI is InChI=1S/C23H18F3NO.C22H18F3N3O2.C17H15F3N2O2.C14H13N3O2/c24-23(25,26)18-11-12-20-19(13-18)22(17-9-5-2-6-10-17)21(15-28)27(20)14-16-7-3-1-4-8-16;1-30-19-8-7-15(11-27-19)20-17-6-3-9-26-21(17)28(18(20)13-29)12-14-4-2-5-16(10-14)22(23,24)25;1-22-13-5-4-11(17(18,19)20)7-12(13)16(14(22)9-23)10-3-6-15(24-2)21-8-10;1-19-12-5-4-9(7-16-12)13-10-3-2-6-15-14(10)17-11(13)8-18/h1-13,28H,14-15H2;2-11,29H,12-13H2,1H3;3-8,23H,9H2,1-2H3;2-7,18H,8H2,1H3,(H,15,17). The highest BCUT2D eigenvalue weighted by molar-refractivity contribution is 6.00. The van der Waals surface area contributed by atoms with Crippen molar-refractivity contribution in [2.45, 2.75) is 58.0 Å². The second kappa shape index (κ2) is 30.4. The Balaban J connectivity index is 0.000000137. The Morgan fingerprint density at radius 2 is 0.842 bits per heavy atom. The first-order valence-corrected chi connectivity index (χ1v) is 31.1. The molecule has 0 radical (unpaired) electrons. The third-order valence-corrected chi connectivity index (χ3v) is 16.9. The number of fused-ring (bicyclic) bond motifs is 4. The number of nitrogens with zero attached hydrogens (tertiary/aromatic N) is 8. The molecule has 0 amide bonds. The Labute approximate surface area is 571 Å². The maximum absolute atomic E-state index is 13.3. The van der Waals surface area contributed by atoms with Gasteiger partial charge in [-0.15, -0.1) is 0 Å². The van der Waals surface area contributed by atoms with Gasteiger partial charge in [-0.1, -0.05) is 72.8 Å². The molecule has 0 atom stereocenters. The van der Waals surface area contributed by atoms with Crippen LogP contribution < -0.4 is 14.2 Å². The van der Waals surface area contributed by atoms with Crippen LogP contribution in [0.15, 0.2) is 213 Å². The van der Waals surface area contributed by atoms with E-state index in [0.29, 0.717) is 91.0 Å². The Morgan fingerprint density at radius 1 is 0.386 bits per heavy atom. The molecule has 0 aliphatic rings. The van der Waals surface area contributed by atoms with E-state index in [4.69, 9.17) is 14.2 Å². The van der Waals surface area contributed by atoms with Crippen LogP contribution in [0.3, 0.4) is 0 Å². The van der Waals surface area contributed by atoms with Gasteiger partial charge in [0.2, 0.25) is 17.6 Å². The fraction of sp³-hybridized carbons (Fsp3) is 0.171. The minimum Gasteiger partial charge on any atom is -0.481 e. The number of pyridine rings is 5. The lowest BCUT2D eigenvalue weighted by molar-refractivity contribution is -0.138. The monoisotopic (exact) mass is 1390 g/mol. The number of nitrogens with one attached hydrogen (secondary N) is 1. The number of aromatic amines is 1. The summed E-state index contributed by atoms with van der Waals surface area (Å²) in [7, 11) is 6.29. The molecule has 25 heteroatoms. The molecule has 9 heterocycles. The lowest BCUT2D eigenvalue weighted by atomic mass is 10.0. The van der Waals surface area contributed by atoms with Crippen molar-refractivity contribution in [3.05, 3.63) is 264 Å². The van der Waals surface area contributed by atoms with Crippen LogP contribution in [-0.4, -0.2) is 85.4 Å². The van der Waals surface area contributed by atoms with Gasteiger partial charge in [-0.25, -0.2) is 24.9 Å². The van der Waals surface area contributed by atoms with Crippen LogP contribution >= 0.6 is 0 Å². The molecule has 0 fully saturated rings. The molecule has 14 rings (SSSR count). The number of benzene rings is 5. The van der Waals surface area contributed by atoms with E-state index in [1.807, 2.05) is 95.6 Å². The summed E-state index contributed by atoms with van der Waals surface area (Å²) in [6.07, 6.45) is -5.07. The number of aryl methyl sites for hydroxylation is 1. The molecule has 0 spiro atoms. The first-order chi connectivity index (χ1) is 48.6. The smallest absolute Gasteiger partial charge is 0.416 e. The zero-order valence-corrected chi connectivity index (χ0v) is 54.4. The SMILES string of the molecule is COc1ccc(-c2c(CO)[nH]c3ncccc23)cn1.COc1ccc(-c2c(CO)n(C)c3ccc(C(F)(F)F)cc23)cn1.COc1ccc(-c2c(CO)n(Cc3cccc(C(F)(F)F)c3)c3ncccc23)cn1.OCc1c(-c2ccccc2)c2cc(C(F)(F)F)ccc2n1Cc1ccccc1. The predicted octanol–water partition coefficient (Wildman–Crippen LogP) is 16.4. The maximum atomic E-state index is 13.3. The summed E-state index contributed by atoms with van der Waals surface area (Å²) in [4.78, 5) is 24.3. The Kier molecular flexibility index (Phi) is 21.3. The molecular formula is C76H64F9N9O7. The quantitative estimate of drug-likeness (QED) is 0.0609. The number of methoxy groups -OCH3 is 3. The van der Waals surface area contributed by atoms with Gasteiger partial charge >= 0.3 is 18.5 Å². The van der Waals surface area contributed by atoms with Gasteiger partial charge in [-0.05, 0) is 108 Å². The molecule has 14 aromatic rings. The fourth-order valence-corrected chi connectivity index (χ4v) is 12.2. The van der Waals surface area contributed by atoms with Crippen molar-refractivity contribution in [3.8, 4) is 62.1 Å². The first-order valence-electron chi connectivity index (χ1n) is 31.1. The summed E-state index contributed by atoms with van der Waals surface area (Å²) in [5, 5.41) is 42.1. The normalized spacial score (nSPS) is 11.7. The van der Waals surface area contributed by atoms with Crippen molar-refractivity contribution in [1.29, 1.82) is 0 Å². The molecule has 0 aliphatic carbocycles. The van der Waals surface area contributed by atoms with Gasteiger partial charge in [0.15, 0.2) is 0 Å². The molecule has 0 aliphatic heterocycles. The van der Waals surface area contributed by atoms with Gasteiger partial charge in [0.25, 0.3) is 0 Å². The van der Waals surface area contributed by atoms with Crippen LogP contribution in [-0.2, 0) is 65.1 Å². The largest absolute Gasteiger partial charge is 0.481 e. The molecule has 5 N–H and O–H groups in total. The minimum absolute atomic E-state index is 0.0717. The van der Waals surface area contributed by atoms with Gasteiger partial charge in [0.05, 0.1) is 87.2 Å². The lowest BCUT2D eigenvalue weighted by Gasteiger charge is -2.12. The van der Waals surface area contributed by atoms with Crippen LogP contribution in [0.25, 0.3) is 88.4 Å². The third-order valence-electron chi connectivity index (χ3n) is 16.9. The van der Waals surface area contributed by atoms with Crippen molar-refractivity contribution in [3.63, 3.8) is 0 Å². The van der Waals surface area contributed by atoms with Gasteiger partial charge in [0.1, 0.15) is 11.3 Å². The highest BCUT2D eigenvalue weighted by Crippen LogP contribution is 2.43. The number of hydrogen-bond acceptors (Lipinski definition) is 12. The number of halogens is 9. The van der Waals surface area contributed by atoms with E-state index in [9.17, 15) is 59.9 Å². The van der Waals surface area contributed by atoms with Gasteiger partial charge in [-0.3, -0.25) is 0 Å². The molecular weight excluding hydrogens is 1320 g/mol. The number of rotatable bonds is 15. The van der Waals surface area contributed by atoms with E-state index in [1.165, 1.54) is 44.7 Å².